The van der Waals surface area contributed by atoms with Crippen molar-refractivity contribution in [2.24, 2.45) is 7.05 Å². The van der Waals surface area contributed by atoms with Gasteiger partial charge in [-0.25, -0.2) is 0 Å². The van der Waals surface area contributed by atoms with Crippen molar-refractivity contribution in [3.05, 3.63) is 17.5 Å². The molecule has 4 nitrogen and oxygen atoms in total. The lowest BCUT2D eigenvalue weighted by molar-refractivity contribution is 0.365. The second kappa shape index (κ2) is 6.53. The van der Waals surface area contributed by atoms with E-state index in [9.17, 15) is 0 Å². The molecule has 0 saturated heterocycles. The van der Waals surface area contributed by atoms with Crippen LogP contribution in [0.2, 0.25) is 0 Å². The molecule has 110 valence electrons. The van der Waals surface area contributed by atoms with Gasteiger partial charge < -0.3 is 10.2 Å². The summed E-state index contributed by atoms with van der Waals surface area (Å²) in [5.74, 6) is 0. The molecule has 1 unspecified atom stereocenters. The van der Waals surface area contributed by atoms with Crippen LogP contribution in [0.1, 0.15) is 45.4 Å². The first-order chi connectivity index (χ1) is 8.70. The minimum atomic E-state index is 0.102. The lowest BCUT2D eigenvalue weighted by Crippen LogP contribution is -2.30. The van der Waals surface area contributed by atoms with Gasteiger partial charge in [0.1, 0.15) is 0 Å². The molecule has 0 amide bonds. The highest BCUT2D eigenvalue weighted by Gasteiger charge is 2.21. The van der Waals surface area contributed by atoms with Gasteiger partial charge in [0.2, 0.25) is 0 Å². The maximum absolute atomic E-state index is 4.60. The topological polar surface area (TPSA) is 33.1 Å². The van der Waals surface area contributed by atoms with E-state index in [0.29, 0.717) is 6.04 Å². The monoisotopic (exact) mass is 266 g/mol. The molecule has 0 bridgehead atoms. The summed E-state index contributed by atoms with van der Waals surface area (Å²) in [7, 11) is 6.23. The van der Waals surface area contributed by atoms with Crippen LogP contribution >= 0.6 is 0 Å². The standard InChI is InChI=1S/C15H30N4/c1-12(8-9-18(5)6)16-10-13-11-19(7)17-14(13)15(2,3)4/h11-12,16H,8-10H2,1-7H3. The van der Waals surface area contributed by atoms with Crippen LogP contribution in [0.15, 0.2) is 6.20 Å². The van der Waals surface area contributed by atoms with E-state index >= 15 is 0 Å². The summed E-state index contributed by atoms with van der Waals surface area (Å²) < 4.78 is 1.92. The predicted octanol–water partition coefficient (Wildman–Crippen LogP) is 2.15. The summed E-state index contributed by atoms with van der Waals surface area (Å²) in [5.41, 5.74) is 2.61. The summed E-state index contributed by atoms with van der Waals surface area (Å²) in [6, 6.07) is 0.524. The molecule has 1 aromatic rings. The highest BCUT2D eigenvalue weighted by molar-refractivity contribution is 5.23. The van der Waals surface area contributed by atoms with Crippen molar-refractivity contribution in [2.45, 2.75) is 52.1 Å². The van der Waals surface area contributed by atoms with E-state index in [1.165, 1.54) is 11.3 Å². The van der Waals surface area contributed by atoms with E-state index in [0.717, 1.165) is 19.5 Å². The Balaban J connectivity index is 2.58. The van der Waals surface area contributed by atoms with Gasteiger partial charge in [0.05, 0.1) is 5.69 Å². The number of nitrogens with zero attached hydrogens (tertiary/aromatic N) is 3. The summed E-state index contributed by atoms with van der Waals surface area (Å²) in [5, 5.41) is 8.20. The number of rotatable bonds is 6. The molecular weight excluding hydrogens is 236 g/mol. The first-order valence-corrected chi connectivity index (χ1v) is 7.11. The highest BCUT2D eigenvalue weighted by Crippen LogP contribution is 2.24. The minimum absolute atomic E-state index is 0.102. The third-order valence-electron chi connectivity index (χ3n) is 3.27. The Kier molecular flexibility index (Phi) is 5.56. The van der Waals surface area contributed by atoms with Crippen molar-refractivity contribution in [1.82, 2.24) is 20.0 Å². The van der Waals surface area contributed by atoms with Crippen LogP contribution < -0.4 is 5.32 Å². The van der Waals surface area contributed by atoms with Gasteiger partial charge in [-0.05, 0) is 34.0 Å². The number of nitrogens with one attached hydrogen (secondary N) is 1. The van der Waals surface area contributed by atoms with E-state index in [-0.39, 0.29) is 5.41 Å². The van der Waals surface area contributed by atoms with Crippen molar-refractivity contribution in [1.29, 1.82) is 0 Å². The molecule has 0 fully saturated rings. The average Bonchev–Trinajstić information content (AvgIpc) is 2.65. The molecule has 1 heterocycles. The average molecular weight is 266 g/mol. The van der Waals surface area contributed by atoms with Gasteiger partial charge in [-0.15, -0.1) is 0 Å². The molecular formula is C15H30N4. The van der Waals surface area contributed by atoms with E-state index in [1.54, 1.807) is 0 Å². The lowest BCUT2D eigenvalue weighted by atomic mass is 9.89. The van der Waals surface area contributed by atoms with E-state index in [2.05, 4.69) is 63.3 Å². The normalized spacial score (nSPS) is 14.1. The van der Waals surface area contributed by atoms with E-state index < -0.39 is 0 Å². The second-order valence-electron chi connectivity index (χ2n) is 6.80. The van der Waals surface area contributed by atoms with Gasteiger partial charge in [-0.1, -0.05) is 20.8 Å². The van der Waals surface area contributed by atoms with E-state index in [1.807, 2.05) is 11.7 Å². The van der Waals surface area contributed by atoms with Crippen LogP contribution in [0.3, 0.4) is 0 Å². The Hall–Kier alpha value is -0.870. The van der Waals surface area contributed by atoms with Crippen molar-refractivity contribution in [2.75, 3.05) is 20.6 Å². The van der Waals surface area contributed by atoms with Crippen LogP contribution in [-0.2, 0) is 19.0 Å². The Morgan fingerprint density at radius 3 is 2.53 bits per heavy atom. The van der Waals surface area contributed by atoms with Gasteiger partial charge in [0, 0.05) is 36.8 Å². The number of aryl methyl sites for hydroxylation is 1. The number of aromatic nitrogens is 2. The second-order valence-corrected chi connectivity index (χ2v) is 6.80. The molecule has 0 spiro atoms. The summed E-state index contributed by atoms with van der Waals surface area (Å²) >= 11 is 0. The van der Waals surface area contributed by atoms with Crippen LogP contribution in [0.4, 0.5) is 0 Å². The van der Waals surface area contributed by atoms with Gasteiger partial charge in [-0.3, -0.25) is 4.68 Å². The smallest absolute Gasteiger partial charge is 0.0722 e. The molecule has 0 radical (unpaired) electrons. The molecule has 0 saturated carbocycles. The van der Waals surface area contributed by atoms with Gasteiger partial charge in [0.25, 0.3) is 0 Å². The van der Waals surface area contributed by atoms with Crippen LogP contribution in [0.25, 0.3) is 0 Å². The Morgan fingerprint density at radius 1 is 1.37 bits per heavy atom. The van der Waals surface area contributed by atoms with E-state index in [4.69, 9.17) is 0 Å². The Bertz CT molecular complexity index is 387. The first kappa shape index (κ1) is 16.2. The quantitative estimate of drug-likeness (QED) is 0.856. The fourth-order valence-corrected chi connectivity index (χ4v) is 2.14. The molecule has 0 aliphatic heterocycles. The molecule has 1 atom stereocenters. The zero-order valence-electron chi connectivity index (χ0n) is 13.6. The molecule has 0 aromatic carbocycles. The Labute approximate surface area is 118 Å². The largest absolute Gasteiger partial charge is 0.310 e. The Morgan fingerprint density at radius 2 is 2.00 bits per heavy atom. The fourth-order valence-electron chi connectivity index (χ4n) is 2.14. The third-order valence-corrected chi connectivity index (χ3v) is 3.27. The SMILES string of the molecule is CC(CCN(C)C)NCc1cn(C)nc1C(C)(C)C. The minimum Gasteiger partial charge on any atom is -0.310 e. The van der Waals surface area contributed by atoms with Crippen LogP contribution in [-0.4, -0.2) is 41.4 Å². The molecule has 0 aliphatic rings. The molecule has 1 N–H and O–H groups in total. The van der Waals surface area contributed by atoms with Crippen molar-refractivity contribution >= 4 is 0 Å². The zero-order valence-corrected chi connectivity index (χ0v) is 13.6. The molecule has 1 rings (SSSR count). The van der Waals surface area contributed by atoms with Crippen LogP contribution in [0.5, 0.6) is 0 Å². The summed E-state index contributed by atoms with van der Waals surface area (Å²) in [6.45, 7) is 10.9. The van der Waals surface area contributed by atoms with Crippen molar-refractivity contribution in [3.63, 3.8) is 0 Å². The fraction of sp³-hybridized carbons (Fsp3) is 0.800. The predicted molar refractivity (Wildman–Crippen MR) is 81.4 cm³/mol. The van der Waals surface area contributed by atoms with Gasteiger partial charge in [0.15, 0.2) is 0 Å². The molecule has 19 heavy (non-hydrogen) atoms. The summed E-state index contributed by atoms with van der Waals surface area (Å²) in [4.78, 5) is 2.23. The molecule has 4 heteroatoms. The molecule has 1 aromatic heterocycles. The van der Waals surface area contributed by atoms with Crippen molar-refractivity contribution < 1.29 is 0 Å². The summed E-state index contributed by atoms with van der Waals surface area (Å²) in [6.07, 6.45) is 3.30. The lowest BCUT2D eigenvalue weighted by Gasteiger charge is -2.20. The van der Waals surface area contributed by atoms with Crippen LogP contribution in [0, 0.1) is 0 Å². The number of hydrogen-bond acceptors (Lipinski definition) is 3. The first-order valence-electron chi connectivity index (χ1n) is 7.11. The maximum atomic E-state index is 4.60. The van der Waals surface area contributed by atoms with Crippen molar-refractivity contribution in [3.8, 4) is 0 Å². The third kappa shape index (κ3) is 5.33. The zero-order chi connectivity index (χ0) is 14.6. The maximum Gasteiger partial charge on any atom is 0.0722 e. The highest BCUT2D eigenvalue weighted by atomic mass is 15.3. The molecule has 0 aliphatic carbocycles. The van der Waals surface area contributed by atoms with Gasteiger partial charge in [-0.2, -0.15) is 5.10 Å². The number of hydrogen-bond donors (Lipinski definition) is 1. The van der Waals surface area contributed by atoms with Gasteiger partial charge >= 0.3 is 0 Å².